The van der Waals surface area contributed by atoms with Gasteiger partial charge < -0.3 is 9.84 Å². The molecule has 1 N–H and O–H groups in total. The highest BCUT2D eigenvalue weighted by Gasteiger charge is 2.37. The summed E-state index contributed by atoms with van der Waals surface area (Å²) in [5, 5.41) is 9.32. The van der Waals surface area contributed by atoms with E-state index in [4.69, 9.17) is 27.8 Å². The summed E-state index contributed by atoms with van der Waals surface area (Å²) >= 11 is 0. The number of hydrogen-bond acceptors (Lipinski definition) is 6. The van der Waals surface area contributed by atoms with Gasteiger partial charge in [-0.05, 0) is 35.9 Å². The van der Waals surface area contributed by atoms with Gasteiger partial charge in [-0.3, -0.25) is 0 Å². The molecule has 0 fully saturated rings. The molecule has 1 aliphatic rings. The Labute approximate surface area is 164 Å². The summed E-state index contributed by atoms with van der Waals surface area (Å²) in [4.78, 5) is 0. The fraction of sp³-hybridized carbons (Fsp3) is 0.150. The first kappa shape index (κ1) is 21.6. The number of carbonyl (C=O) groups excluding carboxylic acids is 1. The van der Waals surface area contributed by atoms with Crippen molar-refractivity contribution in [3.05, 3.63) is 83.6 Å². The van der Waals surface area contributed by atoms with Crippen LogP contribution in [0.4, 0.5) is 0 Å². The summed E-state index contributed by atoms with van der Waals surface area (Å²) in [6.45, 7) is 3.77. The van der Waals surface area contributed by atoms with Gasteiger partial charge in [0.05, 0.1) is 25.5 Å². The summed E-state index contributed by atoms with van der Waals surface area (Å²) in [5.74, 6) is 1.04. The lowest BCUT2D eigenvalue weighted by molar-refractivity contribution is -2.00. The van der Waals surface area contributed by atoms with Crippen LogP contribution in [-0.2, 0) is 4.74 Å². The van der Waals surface area contributed by atoms with Crippen LogP contribution in [0, 0.1) is 10.2 Å². The zero-order valence-corrected chi connectivity index (χ0v) is 16.0. The Balaban J connectivity index is 0.000000500. The zero-order chi connectivity index (χ0) is 20.8. The molecule has 0 spiro atoms. The largest absolute Gasteiger partial charge is 0.508 e. The van der Waals surface area contributed by atoms with Gasteiger partial charge in [0.25, 0.3) is 0 Å². The van der Waals surface area contributed by atoms with Gasteiger partial charge in [-0.25, -0.2) is 23.1 Å². The van der Waals surface area contributed by atoms with Gasteiger partial charge in [-0.1, -0.05) is 36.4 Å². The number of benzene rings is 2. The number of phenolic OH excluding ortho intramolecular Hbond substituents is 1. The molecule has 28 heavy (non-hydrogen) atoms. The van der Waals surface area contributed by atoms with Crippen molar-refractivity contribution < 1.29 is 43.1 Å². The average molecular weight is 407 g/mol. The van der Waals surface area contributed by atoms with Gasteiger partial charge in [0.15, 0.2) is 0 Å². The van der Waals surface area contributed by atoms with E-state index in [-0.39, 0.29) is 5.75 Å². The molecule has 1 heterocycles. The predicted octanol–water partition coefficient (Wildman–Crippen LogP) is -0.282. The van der Waals surface area contributed by atoms with Crippen molar-refractivity contribution in [2.24, 2.45) is 0 Å². The number of allylic oxidation sites excluding steroid dienone is 2. The lowest BCUT2D eigenvalue weighted by Gasteiger charge is -2.17. The first-order valence-electron chi connectivity index (χ1n) is 8.13. The minimum atomic E-state index is -4.94. The summed E-state index contributed by atoms with van der Waals surface area (Å²) in [6, 6.07) is 17.0. The Kier molecular flexibility index (Phi) is 6.95. The van der Waals surface area contributed by atoms with Crippen molar-refractivity contribution in [2.75, 3.05) is 0 Å². The molecule has 0 atom stereocenters. The molecule has 0 bridgehead atoms. The molecule has 3 rings (SSSR count). The van der Waals surface area contributed by atoms with Gasteiger partial charge >= 0.3 is 11.6 Å². The summed E-state index contributed by atoms with van der Waals surface area (Å²) in [5.41, 5.74) is 2.00. The highest BCUT2D eigenvalue weighted by atomic mass is 35.7. The van der Waals surface area contributed by atoms with E-state index in [0.29, 0.717) is 0 Å². The summed E-state index contributed by atoms with van der Waals surface area (Å²) < 4.78 is 45.7. The van der Waals surface area contributed by atoms with Gasteiger partial charge in [-0.15, -0.1) is 10.2 Å². The van der Waals surface area contributed by atoms with Crippen LogP contribution in [0.1, 0.15) is 29.4 Å². The van der Waals surface area contributed by atoms with Gasteiger partial charge in [0.2, 0.25) is 0 Å². The molecule has 0 saturated heterocycles. The molecule has 2 aromatic rings. The molecule has 0 aromatic heterocycles. The molecule has 2 aromatic carbocycles. The van der Waals surface area contributed by atoms with Gasteiger partial charge in [0, 0.05) is 0 Å². The summed E-state index contributed by atoms with van der Waals surface area (Å²) in [7, 11) is -4.94. The second kappa shape index (κ2) is 9.01. The Hall–Kier alpha value is -2.68. The highest BCUT2D eigenvalue weighted by molar-refractivity contribution is 6.05. The molecule has 0 amide bonds. The molecule has 0 aliphatic carbocycles. The van der Waals surface area contributed by atoms with E-state index in [2.05, 4.69) is 0 Å². The topological polar surface area (TPSA) is 133 Å². The average Bonchev–Trinajstić information content (AvgIpc) is 2.59. The van der Waals surface area contributed by atoms with E-state index in [1.54, 1.807) is 12.1 Å². The standard InChI is InChI=1S/C20H18O3.ClHO4/c1-20(2)22-18(13-10-15-8-11-17(21)12-9-15)14-19(23-20)16-6-4-3-5-7-16;2-1(3,4)5/h3-14H,1-2H3;(H,2,3,4,5)/b13-10+;. The molecule has 0 radical (unpaired) electrons. The molecule has 7 nitrogen and oxygen atoms in total. The normalized spacial score (nSPS) is 15.8. The molecular formula is C20H19ClO7. The Bertz CT molecular complexity index is 858. The molecule has 148 valence electrons. The third kappa shape index (κ3) is 7.91. The monoisotopic (exact) mass is 406 g/mol. The van der Waals surface area contributed by atoms with Crippen LogP contribution in [0.15, 0.2) is 72.5 Å². The lowest BCUT2D eigenvalue weighted by Crippen LogP contribution is -2.68. The number of aromatic hydroxyl groups is 1. The lowest BCUT2D eigenvalue weighted by atomic mass is 10.1. The van der Waals surface area contributed by atoms with Crippen molar-refractivity contribution >= 4 is 11.9 Å². The summed E-state index contributed by atoms with van der Waals surface area (Å²) in [6.07, 6.45) is 5.73. The maximum Gasteiger partial charge on any atom is 0.424 e. The van der Waals surface area contributed by atoms with Crippen LogP contribution >= 0.6 is 0 Å². The number of phenols is 1. The van der Waals surface area contributed by atoms with Crippen molar-refractivity contribution in [1.82, 2.24) is 0 Å². The van der Waals surface area contributed by atoms with Gasteiger partial charge in [0.1, 0.15) is 11.5 Å². The third-order valence-corrected chi connectivity index (χ3v) is 3.38. The van der Waals surface area contributed by atoms with Crippen molar-refractivity contribution in [1.29, 1.82) is 0 Å². The van der Waals surface area contributed by atoms with Gasteiger partial charge in [-0.2, -0.15) is 0 Å². The minimum absolute atomic E-state index is 0.254. The van der Waals surface area contributed by atoms with Crippen LogP contribution in [0.3, 0.4) is 0 Å². The Morgan fingerprint density at radius 2 is 1.50 bits per heavy atom. The predicted molar refractivity (Wildman–Crippen MR) is 91.2 cm³/mol. The second-order valence-corrected chi connectivity index (χ2v) is 6.94. The molecule has 0 unspecified atom stereocenters. The first-order valence-corrected chi connectivity index (χ1v) is 9.36. The van der Waals surface area contributed by atoms with Crippen LogP contribution in [0.5, 0.6) is 5.75 Å². The fourth-order valence-electron chi connectivity index (χ4n) is 2.35. The first-order chi connectivity index (χ1) is 13.0. The molecule has 1 aliphatic heterocycles. The van der Waals surface area contributed by atoms with E-state index in [1.807, 2.05) is 74.5 Å². The zero-order valence-electron chi connectivity index (χ0n) is 15.2. The van der Waals surface area contributed by atoms with Crippen LogP contribution in [-0.4, -0.2) is 16.7 Å². The highest BCUT2D eigenvalue weighted by Crippen LogP contribution is 2.24. The Morgan fingerprint density at radius 1 is 0.929 bits per heavy atom. The smallest absolute Gasteiger partial charge is 0.424 e. The van der Waals surface area contributed by atoms with E-state index >= 15 is 0 Å². The minimum Gasteiger partial charge on any atom is -0.508 e. The van der Waals surface area contributed by atoms with E-state index in [0.717, 1.165) is 22.7 Å². The third-order valence-electron chi connectivity index (χ3n) is 3.38. The second-order valence-electron chi connectivity index (χ2n) is 6.18. The van der Waals surface area contributed by atoms with E-state index in [9.17, 15) is 5.11 Å². The number of halogens is 1. The van der Waals surface area contributed by atoms with Crippen molar-refractivity contribution in [3.63, 3.8) is 0 Å². The molecule has 0 saturated carbocycles. The maximum atomic E-state index is 9.32. The number of ketones is 1. The van der Waals surface area contributed by atoms with Crippen molar-refractivity contribution in [3.8, 4) is 5.75 Å². The van der Waals surface area contributed by atoms with Crippen LogP contribution in [0.2, 0.25) is 0 Å². The Morgan fingerprint density at radius 3 is 2.07 bits per heavy atom. The number of ether oxygens (including phenoxy) is 1. The molecule has 8 heteroatoms. The fourth-order valence-corrected chi connectivity index (χ4v) is 2.35. The van der Waals surface area contributed by atoms with Crippen LogP contribution in [0.25, 0.3) is 6.08 Å². The quantitative estimate of drug-likeness (QED) is 0.697. The SMILES string of the molecule is CC1(C)OC(/C=C/c2ccc(O)cc2)=CC(c2ccccc2)=[O+]1.[O-][Cl+3]([O-])([O-])[O-]. The van der Waals surface area contributed by atoms with E-state index in [1.165, 1.54) is 0 Å². The van der Waals surface area contributed by atoms with E-state index < -0.39 is 16.0 Å². The van der Waals surface area contributed by atoms with Crippen molar-refractivity contribution in [2.45, 2.75) is 19.6 Å². The number of rotatable bonds is 3. The molecular weight excluding hydrogens is 388 g/mol. The van der Waals surface area contributed by atoms with Crippen LogP contribution < -0.4 is 18.6 Å². The number of hydrogen-bond donors (Lipinski definition) is 1. The maximum absolute atomic E-state index is 9.32.